The molecule has 0 bridgehead atoms. The minimum absolute atomic E-state index is 0.0666. The van der Waals surface area contributed by atoms with E-state index in [-0.39, 0.29) is 5.91 Å². The Labute approximate surface area is 128 Å². The number of hydrogen-bond acceptors (Lipinski definition) is 5. The van der Waals surface area contributed by atoms with Gasteiger partial charge in [-0.2, -0.15) is 5.26 Å². The van der Waals surface area contributed by atoms with Crippen LogP contribution in [0.2, 0.25) is 0 Å². The molecule has 6 nitrogen and oxygen atoms in total. The van der Waals surface area contributed by atoms with E-state index in [9.17, 15) is 4.79 Å². The minimum atomic E-state index is -0.0666. The summed E-state index contributed by atoms with van der Waals surface area (Å²) >= 11 is 0. The first-order chi connectivity index (χ1) is 10.8. The topological polar surface area (TPSA) is 81.9 Å². The molecular formula is C16H15N5O. The lowest BCUT2D eigenvalue weighted by Gasteiger charge is -2.14. The molecule has 1 aromatic carbocycles. The molecule has 1 amide bonds. The maximum absolute atomic E-state index is 12.2. The molecule has 0 spiro atoms. The fraction of sp³-hybridized carbons (Fsp3) is 0.250. The van der Waals surface area contributed by atoms with E-state index >= 15 is 0 Å². The third-order valence-corrected chi connectivity index (χ3v) is 3.54. The van der Waals surface area contributed by atoms with Gasteiger partial charge < -0.3 is 10.2 Å². The van der Waals surface area contributed by atoms with Gasteiger partial charge in [-0.25, -0.2) is 0 Å². The van der Waals surface area contributed by atoms with Gasteiger partial charge in [0.15, 0.2) is 11.5 Å². The summed E-state index contributed by atoms with van der Waals surface area (Å²) in [5, 5.41) is 20.0. The van der Waals surface area contributed by atoms with Crippen molar-refractivity contribution >= 4 is 17.4 Å². The molecule has 1 saturated heterocycles. The van der Waals surface area contributed by atoms with E-state index in [0.717, 1.165) is 31.6 Å². The van der Waals surface area contributed by atoms with Gasteiger partial charge in [0.1, 0.15) is 0 Å². The zero-order valence-electron chi connectivity index (χ0n) is 12.0. The van der Waals surface area contributed by atoms with Gasteiger partial charge in [0.05, 0.1) is 11.6 Å². The van der Waals surface area contributed by atoms with Crippen LogP contribution in [0.3, 0.4) is 0 Å². The predicted molar refractivity (Wildman–Crippen MR) is 81.6 cm³/mol. The van der Waals surface area contributed by atoms with Crippen molar-refractivity contribution in [1.82, 2.24) is 15.1 Å². The molecule has 1 fully saturated rings. The predicted octanol–water partition coefficient (Wildman–Crippen LogP) is 2.33. The highest BCUT2D eigenvalue weighted by Gasteiger charge is 2.20. The van der Waals surface area contributed by atoms with Gasteiger partial charge in [-0.05, 0) is 43.2 Å². The molecular weight excluding hydrogens is 278 g/mol. The molecule has 0 radical (unpaired) electrons. The Kier molecular flexibility index (Phi) is 3.97. The highest BCUT2D eigenvalue weighted by atomic mass is 16.2. The SMILES string of the molecule is N#Cc1cccc(Nc2ccc(C(=O)N3CCCC3)nn2)c1. The zero-order valence-corrected chi connectivity index (χ0v) is 12.0. The van der Waals surface area contributed by atoms with Crippen molar-refractivity contribution in [2.75, 3.05) is 18.4 Å². The van der Waals surface area contributed by atoms with Crippen molar-refractivity contribution in [1.29, 1.82) is 5.26 Å². The molecule has 2 heterocycles. The molecule has 0 saturated carbocycles. The van der Waals surface area contributed by atoms with Crippen LogP contribution in [0.1, 0.15) is 28.9 Å². The van der Waals surface area contributed by atoms with Crippen LogP contribution in [0.25, 0.3) is 0 Å². The number of carbonyl (C=O) groups is 1. The van der Waals surface area contributed by atoms with Gasteiger partial charge in [-0.3, -0.25) is 4.79 Å². The molecule has 110 valence electrons. The summed E-state index contributed by atoms with van der Waals surface area (Å²) in [5.41, 5.74) is 1.68. The largest absolute Gasteiger partial charge is 0.339 e. The Bertz CT molecular complexity index is 714. The second-order valence-electron chi connectivity index (χ2n) is 5.12. The summed E-state index contributed by atoms with van der Waals surface area (Å²) < 4.78 is 0. The van der Waals surface area contributed by atoms with Crippen molar-refractivity contribution in [2.45, 2.75) is 12.8 Å². The van der Waals surface area contributed by atoms with Crippen LogP contribution in [-0.4, -0.2) is 34.1 Å². The number of aromatic nitrogens is 2. The minimum Gasteiger partial charge on any atom is -0.339 e. The van der Waals surface area contributed by atoms with Crippen LogP contribution in [-0.2, 0) is 0 Å². The van der Waals surface area contributed by atoms with E-state index in [1.807, 2.05) is 6.07 Å². The van der Waals surface area contributed by atoms with Crippen LogP contribution in [0.15, 0.2) is 36.4 Å². The molecule has 3 rings (SSSR count). The average Bonchev–Trinajstić information content (AvgIpc) is 3.09. The molecule has 22 heavy (non-hydrogen) atoms. The fourth-order valence-electron chi connectivity index (χ4n) is 2.41. The first-order valence-electron chi connectivity index (χ1n) is 7.16. The normalized spacial score (nSPS) is 13.7. The second kappa shape index (κ2) is 6.22. The van der Waals surface area contributed by atoms with E-state index < -0.39 is 0 Å². The van der Waals surface area contributed by atoms with Crippen LogP contribution >= 0.6 is 0 Å². The maximum Gasteiger partial charge on any atom is 0.274 e. The highest BCUT2D eigenvalue weighted by molar-refractivity contribution is 5.92. The van der Waals surface area contributed by atoms with Gasteiger partial charge in [-0.15, -0.1) is 10.2 Å². The monoisotopic (exact) mass is 293 g/mol. The Morgan fingerprint density at radius 3 is 2.68 bits per heavy atom. The zero-order chi connectivity index (χ0) is 15.4. The van der Waals surface area contributed by atoms with Crippen molar-refractivity contribution in [3.8, 4) is 6.07 Å². The third-order valence-electron chi connectivity index (χ3n) is 3.54. The number of nitrogens with one attached hydrogen (secondary N) is 1. The van der Waals surface area contributed by atoms with E-state index in [0.29, 0.717) is 17.1 Å². The second-order valence-corrected chi connectivity index (χ2v) is 5.12. The summed E-state index contributed by atoms with van der Waals surface area (Å²) in [6, 6.07) is 12.6. The van der Waals surface area contributed by atoms with Crippen LogP contribution in [0, 0.1) is 11.3 Å². The number of benzene rings is 1. The van der Waals surface area contributed by atoms with Crippen molar-refractivity contribution in [3.63, 3.8) is 0 Å². The molecule has 1 aromatic heterocycles. The maximum atomic E-state index is 12.2. The highest BCUT2D eigenvalue weighted by Crippen LogP contribution is 2.16. The lowest BCUT2D eigenvalue weighted by molar-refractivity contribution is 0.0786. The van der Waals surface area contributed by atoms with E-state index in [1.165, 1.54) is 0 Å². The summed E-state index contributed by atoms with van der Waals surface area (Å²) in [4.78, 5) is 14.0. The van der Waals surface area contributed by atoms with E-state index in [1.54, 1.807) is 35.2 Å². The third kappa shape index (κ3) is 3.04. The van der Waals surface area contributed by atoms with Gasteiger partial charge in [0.2, 0.25) is 0 Å². The quantitative estimate of drug-likeness (QED) is 0.939. The molecule has 6 heteroatoms. The van der Waals surface area contributed by atoms with Gasteiger partial charge in [-0.1, -0.05) is 6.07 Å². The number of carbonyl (C=O) groups excluding carboxylic acids is 1. The number of anilines is 2. The Hall–Kier alpha value is -2.94. The smallest absolute Gasteiger partial charge is 0.274 e. The Morgan fingerprint density at radius 2 is 2.00 bits per heavy atom. The number of likely N-dealkylation sites (tertiary alicyclic amines) is 1. The summed E-state index contributed by atoms with van der Waals surface area (Å²) in [5.74, 6) is 0.469. The molecule has 1 N–H and O–H groups in total. The first-order valence-corrected chi connectivity index (χ1v) is 7.16. The van der Waals surface area contributed by atoms with Gasteiger partial charge in [0.25, 0.3) is 5.91 Å². The lowest BCUT2D eigenvalue weighted by atomic mass is 10.2. The average molecular weight is 293 g/mol. The van der Waals surface area contributed by atoms with E-state index in [4.69, 9.17) is 5.26 Å². The van der Waals surface area contributed by atoms with Gasteiger partial charge in [0, 0.05) is 18.8 Å². The Balaban J connectivity index is 1.71. The van der Waals surface area contributed by atoms with Crippen LogP contribution in [0.5, 0.6) is 0 Å². The fourth-order valence-corrected chi connectivity index (χ4v) is 2.41. The molecule has 0 aliphatic carbocycles. The van der Waals surface area contributed by atoms with Crippen LogP contribution < -0.4 is 5.32 Å². The molecule has 0 unspecified atom stereocenters. The number of hydrogen-bond donors (Lipinski definition) is 1. The summed E-state index contributed by atoms with van der Waals surface area (Å²) in [6.07, 6.45) is 2.10. The van der Waals surface area contributed by atoms with Crippen LogP contribution in [0.4, 0.5) is 11.5 Å². The molecule has 0 atom stereocenters. The van der Waals surface area contributed by atoms with Crippen molar-refractivity contribution < 1.29 is 4.79 Å². The number of rotatable bonds is 3. The first kappa shape index (κ1) is 14.0. The number of amides is 1. The number of nitriles is 1. The standard InChI is InChI=1S/C16H15N5O/c17-11-12-4-3-5-13(10-12)18-15-7-6-14(19-20-15)16(22)21-8-1-2-9-21/h3-7,10H,1-2,8-9H2,(H,18,20). The van der Waals surface area contributed by atoms with Crippen molar-refractivity contribution in [3.05, 3.63) is 47.7 Å². The Morgan fingerprint density at radius 1 is 1.18 bits per heavy atom. The van der Waals surface area contributed by atoms with Crippen molar-refractivity contribution in [2.24, 2.45) is 0 Å². The molecule has 2 aromatic rings. The lowest BCUT2D eigenvalue weighted by Crippen LogP contribution is -2.28. The van der Waals surface area contributed by atoms with Gasteiger partial charge >= 0.3 is 0 Å². The summed E-state index contributed by atoms with van der Waals surface area (Å²) in [7, 11) is 0. The number of nitrogens with zero attached hydrogens (tertiary/aromatic N) is 4. The molecule has 1 aliphatic rings. The summed E-state index contributed by atoms with van der Waals surface area (Å²) in [6.45, 7) is 1.59. The molecule has 1 aliphatic heterocycles. The van der Waals surface area contributed by atoms with E-state index in [2.05, 4.69) is 21.6 Å².